The summed E-state index contributed by atoms with van der Waals surface area (Å²) in [6, 6.07) is 8.02. The van der Waals surface area contributed by atoms with Gasteiger partial charge in [-0.1, -0.05) is 40.9 Å². The number of hydrogen-bond acceptors (Lipinski definition) is 4. The third kappa shape index (κ3) is 4.92. The van der Waals surface area contributed by atoms with Crippen molar-refractivity contribution in [1.29, 1.82) is 0 Å². The van der Waals surface area contributed by atoms with E-state index in [4.69, 9.17) is 44.3 Å². The molecular weight excluding hydrogens is 409 g/mol. The molecule has 2 aromatic rings. The molecule has 1 N–H and O–H groups in total. The zero-order valence-electron chi connectivity index (χ0n) is 13.5. The summed E-state index contributed by atoms with van der Waals surface area (Å²) >= 11 is 18.0. The highest BCUT2D eigenvalue weighted by molar-refractivity contribution is 7.89. The van der Waals surface area contributed by atoms with Crippen LogP contribution in [0.1, 0.15) is 5.56 Å². The normalized spacial score (nSPS) is 11.4. The minimum Gasteiger partial charge on any atom is -0.495 e. The van der Waals surface area contributed by atoms with Gasteiger partial charge >= 0.3 is 0 Å². The Balaban J connectivity index is 2.00. The lowest BCUT2D eigenvalue weighted by Gasteiger charge is -2.12. The summed E-state index contributed by atoms with van der Waals surface area (Å²) in [5.74, 6) is 0.852. The fraction of sp³-hybridized carbons (Fsp3) is 0.250. The molecule has 0 heterocycles. The quantitative estimate of drug-likeness (QED) is 0.672. The van der Waals surface area contributed by atoms with Crippen LogP contribution in [0.4, 0.5) is 0 Å². The molecule has 25 heavy (non-hydrogen) atoms. The Bertz CT molecular complexity index is 872. The van der Waals surface area contributed by atoms with Gasteiger partial charge in [0.2, 0.25) is 10.0 Å². The minimum absolute atomic E-state index is 0.0394. The van der Waals surface area contributed by atoms with Crippen LogP contribution in [0, 0.1) is 6.92 Å². The van der Waals surface area contributed by atoms with Gasteiger partial charge in [0.25, 0.3) is 0 Å². The van der Waals surface area contributed by atoms with E-state index in [0.717, 1.165) is 5.56 Å². The first-order chi connectivity index (χ1) is 11.8. The lowest BCUT2D eigenvalue weighted by Crippen LogP contribution is -2.28. The molecule has 9 heteroatoms. The number of nitrogens with one attached hydrogen (secondary N) is 1. The highest BCUT2D eigenvalue weighted by Crippen LogP contribution is 2.36. The van der Waals surface area contributed by atoms with E-state index >= 15 is 0 Å². The fourth-order valence-corrected chi connectivity index (χ4v) is 3.99. The second-order valence-electron chi connectivity index (χ2n) is 5.05. The van der Waals surface area contributed by atoms with Gasteiger partial charge in [0.1, 0.15) is 28.0 Å². The largest absolute Gasteiger partial charge is 0.495 e. The molecule has 0 spiro atoms. The third-order valence-electron chi connectivity index (χ3n) is 3.33. The van der Waals surface area contributed by atoms with Gasteiger partial charge in [-0.15, -0.1) is 0 Å². The van der Waals surface area contributed by atoms with Gasteiger partial charge < -0.3 is 9.47 Å². The monoisotopic (exact) mass is 423 g/mol. The average Bonchev–Trinajstić information content (AvgIpc) is 2.57. The summed E-state index contributed by atoms with van der Waals surface area (Å²) in [5.41, 5.74) is 0.931. The Labute approximate surface area is 161 Å². The molecule has 0 unspecified atom stereocenters. The summed E-state index contributed by atoms with van der Waals surface area (Å²) in [6.45, 7) is 2.05. The third-order valence-corrected chi connectivity index (χ3v) is 6.21. The highest BCUT2D eigenvalue weighted by Gasteiger charge is 2.21. The van der Waals surface area contributed by atoms with Crippen LogP contribution < -0.4 is 14.2 Å². The molecule has 2 rings (SSSR count). The van der Waals surface area contributed by atoms with Crippen molar-refractivity contribution in [1.82, 2.24) is 4.72 Å². The smallest absolute Gasteiger partial charge is 0.242 e. The van der Waals surface area contributed by atoms with Crippen molar-refractivity contribution < 1.29 is 17.9 Å². The minimum atomic E-state index is -3.84. The van der Waals surface area contributed by atoms with E-state index in [1.807, 2.05) is 13.0 Å². The van der Waals surface area contributed by atoms with Gasteiger partial charge in [0, 0.05) is 11.6 Å². The number of hydrogen-bond donors (Lipinski definition) is 1. The van der Waals surface area contributed by atoms with Crippen molar-refractivity contribution in [3.05, 3.63) is 51.0 Å². The lowest BCUT2D eigenvalue weighted by atomic mass is 10.2. The lowest BCUT2D eigenvalue weighted by molar-refractivity contribution is 0.323. The molecular formula is C16H16Cl3NO4S. The maximum atomic E-state index is 12.3. The molecule has 0 bridgehead atoms. The molecule has 0 radical (unpaired) electrons. The molecule has 0 saturated carbocycles. The van der Waals surface area contributed by atoms with Crippen molar-refractivity contribution in [2.75, 3.05) is 20.3 Å². The molecule has 0 aliphatic carbocycles. The Hall–Kier alpha value is -1.18. The summed E-state index contributed by atoms with van der Waals surface area (Å²) in [6.07, 6.45) is 0. The molecule has 0 atom stereocenters. The number of benzene rings is 2. The van der Waals surface area contributed by atoms with Gasteiger partial charge in [-0.2, -0.15) is 0 Å². The first-order valence-electron chi connectivity index (χ1n) is 7.17. The van der Waals surface area contributed by atoms with Gasteiger partial charge in [0.05, 0.1) is 12.1 Å². The average molecular weight is 425 g/mol. The number of sulfonamides is 1. The van der Waals surface area contributed by atoms with E-state index in [1.165, 1.54) is 19.2 Å². The second kappa shape index (κ2) is 8.47. The van der Waals surface area contributed by atoms with Gasteiger partial charge in [-0.25, -0.2) is 13.1 Å². The number of methoxy groups -OCH3 is 1. The highest BCUT2D eigenvalue weighted by atomic mass is 35.5. The molecule has 0 aliphatic rings. The fourth-order valence-electron chi connectivity index (χ4n) is 1.97. The summed E-state index contributed by atoms with van der Waals surface area (Å²) in [5, 5.41) is 0.523. The van der Waals surface area contributed by atoms with E-state index in [9.17, 15) is 8.42 Å². The Morgan fingerprint density at radius 2 is 1.80 bits per heavy atom. The van der Waals surface area contributed by atoms with Crippen LogP contribution in [-0.4, -0.2) is 28.7 Å². The predicted molar refractivity (Wildman–Crippen MR) is 99.9 cm³/mol. The molecule has 0 amide bonds. The van der Waals surface area contributed by atoms with Crippen LogP contribution in [0.25, 0.3) is 0 Å². The van der Waals surface area contributed by atoms with Crippen molar-refractivity contribution in [3.63, 3.8) is 0 Å². The van der Waals surface area contributed by atoms with Crippen LogP contribution in [0.15, 0.2) is 35.2 Å². The number of ether oxygens (including phenoxy) is 2. The van der Waals surface area contributed by atoms with Crippen LogP contribution in [-0.2, 0) is 10.0 Å². The predicted octanol–water partition coefficient (Wildman–Crippen LogP) is 4.32. The molecule has 0 aromatic heterocycles. The number of rotatable bonds is 7. The van der Waals surface area contributed by atoms with Crippen molar-refractivity contribution in [3.8, 4) is 11.5 Å². The van der Waals surface area contributed by atoms with Crippen LogP contribution in [0.2, 0.25) is 15.1 Å². The zero-order valence-corrected chi connectivity index (χ0v) is 16.6. The maximum absolute atomic E-state index is 12.3. The Morgan fingerprint density at radius 3 is 2.44 bits per heavy atom. The first kappa shape index (κ1) is 20.1. The second-order valence-corrected chi connectivity index (χ2v) is 7.95. The zero-order chi connectivity index (χ0) is 18.6. The van der Waals surface area contributed by atoms with E-state index < -0.39 is 10.0 Å². The van der Waals surface area contributed by atoms with E-state index in [0.29, 0.717) is 16.5 Å². The van der Waals surface area contributed by atoms with Crippen LogP contribution in [0.3, 0.4) is 0 Å². The topological polar surface area (TPSA) is 64.6 Å². The molecule has 136 valence electrons. The molecule has 0 saturated heterocycles. The Morgan fingerprint density at radius 1 is 1.08 bits per heavy atom. The van der Waals surface area contributed by atoms with Gasteiger partial charge in [0.15, 0.2) is 0 Å². The molecule has 5 nitrogen and oxygen atoms in total. The van der Waals surface area contributed by atoms with Crippen LogP contribution in [0.5, 0.6) is 11.5 Å². The maximum Gasteiger partial charge on any atom is 0.242 e. The van der Waals surface area contributed by atoms with E-state index in [-0.39, 0.29) is 28.1 Å². The Kier molecular flexibility index (Phi) is 6.82. The number of halogens is 3. The standard InChI is InChI=1S/C16H16Cl3NO4S/c1-10-3-4-11(9-12(10)17)24-8-7-20-25(21,22)14-6-5-13(23-2)15(18)16(14)19/h3-6,9,20H,7-8H2,1-2H3. The summed E-state index contributed by atoms with van der Waals surface area (Å²) in [7, 11) is -2.42. The van der Waals surface area contributed by atoms with Gasteiger partial charge in [-0.05, 0) is 36.8 Å². The molecule has 0 aliphatic heterocycles. The summed E-state index contributed by atoms with van der Waals surface area (Å²) in [4.78, 5) is -0.127. The van der Waals surface area contributed by atoms with E-state index in [2.05, 4.69) is 4.72 Å². The molecule has 0 fully saturated rings. The first-order valence-corrected chi connectivity index (χ1v) is 9.78. The number of aryl methyl sites for hydroxylation is 1. The molecule has 2 aromatic carbocycles. The van der Waals surface area contributed by atoms with Crippen LogP contribution >= 0.6 is 34.8 Å². The van der Waals surface area contributed by atoms with Crippen molar-refractivity contribution >= 4 is 44.8 Å². The van der Waals surface area contributed by atoms with E-state index in [1.54, 1.807) is 12.1 Å². The van der Waals surface area contributed by atoms with Crippen molar-refractivity contribution in [2.45, 2.75) is 11.8 Å². The van der Waals surface area contributed by atoms with Gasteiger partial charge in [-0.3, -0.25) is 0 Å². The summed E-state index contributed by atoms with van der Waals surface area (Å²) < 4.78 is 37.6. The SMILES string of the molecule is COc1ccc(S(=O)(=O)NCCOc2ccc(C)c(Cl)c2)c(Cl)c1Cl. The van der Waals surface area contributed by atoms with Crippen molar-refractivity contribution in [2.24, 2.45) is 0 Å².